The molecule has 1 fully saturated rings. The molecule has 0 N–H and O–H groups in total. The minimum Gasteiger partial charge on any atom is -0.495 e. The summed E-state index contributed by atoms with van der Waals surface area (Å²) in [5.74, 6) is 2.46. The van der Waals surface area contributed by atoms with Crippen LogP contribution >= 0.6 is 0 Å². The fourth-order valence-electron chi connectivity index (χ4n) is 5.87. The Balaban J connectivity index is 1.26. The van der Waals surface area contributed by atoms with E-state index in [9.17, 15) is 4.79 Å². The molecule has 208 valence electrons. The van der Waals surface area contributed by atoms with Crippen LogP contribution in [0, 0.1) is 0 Å². The number of hydrogen-bond acceptors (Lipinski definition) is 4. The summed E-state index contributed by atoms with van der Waals surface area (Å²) in [6.07, 6.45) is 2.56. The number of carbonyl (C=O) groups is 1. The minimum absolute atomic E-state index is 0.111. The lowest BCUT2D eigenvalue weighted by Crippen LogP contribution is -2.49. The topological polar surface area (TPSA) is 46.9 Å². The van der Waals surface area contributed by atoms with Crippen LogP contribution in [0.2, 0.25) is 0 Å². The van der Waals surface area contributed by atoms with Gasteiger partial charge >= 0.3 is 0 Å². The maximum atomic E-state index is 13.9. The second-order valence-electron chi connectivity index (χ2n) is 10.5. The number of amides is 1. The first-order chi connectivity index (χ1) is 20.1. The summed E-state index contributed by atoms with van der Waals surface area (Å²) < 4.78 is 13.9. The molecule has 5 aromatic rings. The van der Waals surface area contributed by atoms with Gasteiger partial charge in [0, 0.05) is 62.7 Å². The van der Waals surface area contributed by atoms with Gasteiger partial charge in [-0.05, 0) is 53.6 Å². The predicted molar refractivity (Wildman–Crippen MR) is 164 cm³/mol. The van der Waals surface area contributed by atoms with E-state index in [4.69, 9.17) is 9.47 Å². The second kappa shape index (κ2) is 11.8. The van der Waals surface area contributed by atoms with E-state index in [1.165, 1.54) is 5.39 Å². The average molecular weight is 546 g/mol. The molecule has 2 heterocycles. The van der Waals surface area contributed by atoms with Crippen LogP contribution in [0.4, 0.5) is 5.69 Å². The third-order valence-electron chi connectivity index (χ3n) is 7.98. The largest absolute Gasteiger partial charge is 0.495 e. The van der Waals surface area contributed by atoms with Crippen LogP contribution in [-0.4, -0.2) is 48.7 Å². The van der Waals surface area contributed by atoms with E-state index in [2.05, 4.69) is 65.2 Å². The number of benzene rings is 4. The normalized spacial score (nSPS) is 14.2. The zero-order valence-corrected chi connectivity index (χ0v) is 23.6. The molecule has 0 bridgehead atoms. The fraction of sp³-hybridized carbons (Fsp3) is 0.229. The third-order valence-corrected chi connectivity index (χ3v) is 7.98. The van der Waals surface area contributed by atoms with Gasteiger partial charge in [0.05, 0.1) is 12.8 Å². The van der Waals surface area contributed by atoms with E-state index < -0.39 is 0 Å². The number of hydrogen-bond donors (Lipinski definition) is 0. The molecule has 1 aromatic heterocycles. The molecule has 6 nitrogen and oxygen atoms in total. The van der Waals surface area contributed by atoms with Crippen LogP contribution < -0.4 is 14.4 Å². The molecule has 0 saturated carbocycles. The number of rotatable bonds is 8. The number of ether oxygens (including phenoxy) is 2. The van der Waals surface area contributed by atoms with E-state index in [0.29, 0.717) is 19.5 Å². The standard InChI is InChI=1S/C35H35N3O3/c1-36-25-31(29-15-6-7-16-32(29)36)30(26-11-10-14-28(23-26)41-27-12-4-3-5-13-27)24-35(39)38-21-19-37(20-22-38)33-17-8-9-18-34(33)40-2/h3-18,23,25,30H,19-22,24H2,1-2H3/t30-/m1/s1. The highest BCUT2D eigenvalue weighted by molar-refractivity contribution is 5.86. The lowest BCUT2D eigenvalue weighted by molar-refractivity contribution is -0.131. The lowest BCUT2D eigenvalue weighted by Gasteiger charge is -2.37. The number of carbonyl (C=O) groups excluding carboxylic acids is 1. The first kappa shape index (κ1) is 26.5. The molecule has 6 heteroatoms. The van der Waals surface area contributed by atoms with Gasteiger partial charge in [-0.2, -0.15) is 0 Å². The second-order valence-corrected chi connectivity index (χ2v) is 10.5. The van der Waals surface area contributed by atoms with Crippen molar-refractivity contribution < 1.29 is 14.3 Å². The van der Waals surface area contributed by atoms with Gasteiger partial charge < -0.3 is 23.8 Å². The van der Waals surface area contributed by atoms with Gasteiger partial charge in [0.25, 0.3) is 0 Å². The molecule has 1 aliphatic rings. The summed E-state index contributed by atoms with van der Waals surface area (Å²) in [6.45, 7) is 2.89. The van der Waals surface area contributed by atoms with Crippen LogP contribution in [0.15, 0.2) is 109 Å². The molecule has 0 spiro atoms. The monoisotopic (exact) mass is 545 g/mol. The number of aryl methyl sites for hydroxylation is 1. The maximum absolute atomic E-state index is 13.9. The summed E-state index contributed by atoms with van der Waals surface area (Å²) in [4.78, 5) is 18.2. The van der Waals surface area contributed by atoms with Gasteiger partial charge in [0.15, 0.2) is 0 Å². The van der Waals surface area contributed by atoms with Crippen LogP contribution in [0.1, 0.15) is 23.5 Å². The molecule has 1 amide bonds. The highest BCUT2D eigenvalue weighted by Gasteiger charge is 2.28. The van der Waals surface area contributed by atoms with Crippen molar-refractivity contribution in [3.05, 3.63) is 120 Å². The number of anilines is 1. The van der Waals surface area contributed by atoms with Crippen LogP contribution in [-0.2, 0) is 11.8 Å². The number of methoxy groups -OCH3 is 1. The quantitative estimate of drug-likeness (QED) is 0.214. The van der Waals surface area contributed by atoms with Crippen molar-refractivity contribution in [2.75, 3.05) is 38.2 Å². The Kier molecular flexibility index (Phi) is 7.63. The molecule has 0 aliphatic carbocycles. The summed E-state index contributed by atoms with van der Waals surface area (Å²) in [6, 6.07) is 34.4. The molecular weight excluding hydrogens is 510 g/mol. The van der Waals surface area contributed by atoms with E-state index in [-0.39, 0.29) is 11.8 Å². The highest BCUT2D eigenvalue weighted by Crippen LogP contribution is 2.37. The first-order valence-corrected chi connectivity index (χ1v) is 14.1. The van der Waals surface area contributed by atoms with Crippen molar-refractivity contribution in [1.82, 2.24) is 9.47 Å². The van der Waals surface area contributed by atoms with Crippen molar-refractivity contribution in [1.29, 1.82) is 0 Å². The van der Waals surface area contributed by atoms with Gasteiger partial charge in [-0.15, -0.1) is 0 Å². The third kappa shape index (κ3) is 5.64. The van der Waals surface area contributed by atoms with Gasteiger partial charge in [-0.25, -0.2) is 0 Å². The number of nitrogens with zero attached hydrogens (tertiary/aromatic N) is 3. The van der Waals surface area contributed by atoms with Crippen LogP contribution in [0.3, 0.4) is 0 Å². The maximum Gasteiger partial charge on any atom is 0.223 e. The summed E-state index contributed by atoms with van der Waals surface area (Å²) in [5, 5.41) is 1.17. The van der Waals surface area contributed by atoms with Crippen LogP contribution in [0.25, 0.3) is 10.9 Å². The Bertz CT molecular complexity index is 1640. The molecule has 41 heavy (non-hydrogen) atoms. The number of aromatic nitrogens is 1. The Morgan fingerprint density at radius 1 is 0.805 bits per heavy atom. The zero-order valence-electron chi connectivity index (χ0n) is 23.6. The van der Waals surface area contributed by atoms with E-state index in [0.717, 1.165) is 52.7 Å². The molecule has 1 aliphatic heterocycles. The zero-order chi connectivity index (χ0) is 28.2. The van der Waals surface area contributed by atoms with Crippen molar-refractivity contribution in [3.8, 4) is 17.2 Å². The van der Waals surface area contributed by atoms with Gasteiger partial charge in [-0.1, -0.05) is 60.7 Å². The Labute approximate surface area is 241 Å². The summed E-state index contributed by atoms with van der Waals surface area (Å²) in [5.41, 5.74) is 4.45. The minimum atomic E-state index is -0.111. The van der Waals surface area contributed by atoms with E-state index in [1.807, 2.05) is 65.6 Å². The van der Waals surface area contributed by atoms with Crippen molar-refractivity contribution >= 4 is 22.5 Å². The molecule has 1 atom stereocenters. The summed E-state index contributed by atoms with van der Waals surface area (Å²) in [7, 11) is 3.77. The molecule has 6 rings (SSSR count). The molecule has 0 radical (unpaired) electrons. The van der Waals surface area contributed by atoms with Gasteiger partial charge in [0.2, 0.25) is 5.91 Å². The summed E-state index contributed by atoms with van der Waals surface area (Å²) >= 11 is 0. The van der Waals surface area contributed by atoms with Crippen molar-refractivity contribution in [2.45, 2.75) is 12.3 Å². The van der Waals surface area contributed by atoms with Gasteiger partial charge in [0.1, 0.15) is 17.2 Å². The smallest absolute Gasteiger partial charge is 0.223 e. The molecule has 4 aromatic carbocycles. The van der Waals surface area contributed by atoms with E-state index >= 15 is 0 Å². The van der Waals surface area contributed by atoms with Gasteiger partial charge in [-0.3, -0.25) is 4.79 Å². The number of fused-ring (bicyclic) bond motifs is 1. The fourth-order valence-corrected chi connectivity index (χ4v) is 5.87. The first-order valence-electron chi connectivity index (χ1n) is 14.1. The lowest BCUT2D eigenvalue weighted by atomic mass is 9.87. The highest BCUT2D eigenvalue weighted by atomic mass is 16.5. The molecule has 1 saturated heterocycles. The van der Waals surface area contributed by atoms with E-state index in [1.54, 1.807) is 7.11 Å². The SMILES string of the molecule is COc1ccccc1N1CCN(C(=O)C[C@H](c2cccc(Oc3ccccc3)c2)c2cn(C)c3ccccc23)CC1. The Hall–Kier alpha value is -4.71. The number of para-hydroxylation sites is 4. The number of piperazine rings is 1. The predicted octanol–water partition coefficient (Wildman–Crippen LogP) is 6.85. The Morgan fingerprint density at radius 2 is 1.51 bits per heavy atom. The Morgan fingerprint density at radius 3 is 2.32 bits per heavy atom. The average Bonchev–Trinajstić information content (AvgIpc) is 3.36. The molecular formula is C35H35N3O3. The van der Waals surface area contributed by atoms with Crippen LogP contribution in [0.5, 0.6) is 17.2 Å². The molecule has 0 unspecified atom stereocenters. The van der Waals surface area contributed by atoms with Crippen molar-refractivity contribution in [3.63, 3.8) is 0 Å². The van der Waals surface area contributed by atoms with Crippen molar-refractivity contribution in [2.24, 2.45) is 7.05 Å².